The number of benzene rings is 2. The first-order valence-corrected chi connectivity index (χ1v) is 9.10. The van der Waals surface area contributed by atoms with Crippen molar-refractivity contribution in [2.75, 3.05) is 18.5 Å². The lowest BCUT2D eigenvalue weighted by molar-refractivity contribution is 0.413. The van der Waals surface area contributed by atoms with Crippen LogP contribution >= 0.6 is 0 Å². The Morgan fingerprint density at radius 3 is 2.36 bits per heavy atom. The minimum Gasteiger partial charge on any atom is -0.497 e. The predicted octanol–water partition coefficient (Wildman–Crippen LogP) is 3.58. The highest BCUT2D eigenvalue weighted by Gasteiger charge is 2.21. The Morgan fingerprint density at radius 1 is 0.960 bits per heavy atom. The molecule has 0 saturated carbocycles. The van der Waals surface area contributed by atoms with Gasteiger partial charge in [-0.3, -0.25) is 9.29 Å². The van der Waals surface area contributed by atoms with Crippen molar-refractivity contribution < 1.29 is 13.2 Å². The predicted molar refractivity (Wildman–Crippen MR) is 98.3 cm³/mol. The average Bonchev–Trinajstić information content (AvgIpc) is 2.68. The molecule has 0 atom stereocenters. The maximum atomic E-state index is 12.8. The third kappa shape index (κ3) is 3.49. The molecule has 0 saturated heterocycles. The molecule has 2 aromatic carbocycles. The highest BCUT2D eigenvalue weighted by Crippen LogP contribution is 2.27. The summed E-state index contributed by atoms with van der Waals surface area (Å²) in [7, 11) is -0.619. The smallest absolute Gasteiger partial charge is 0.264 e. The molecule has 0 aliphatic rings. The highest BCUT2D eigenvalue weighted by atomic mass is 32.2. The van der Waals surface area contributed by atoms with Crippen LogP contribution in [0.25, 0.3) is 11.1 Å². The van der Waals surface area contributed by atoms with E-state index >= 15 is 0 Å². The van der Waals surface area contributed by atoms with Crippen LogP contribution in [-0.4, -0.2) is 27.6 Å². The zero-order valence-electron chi connectivity index (χ0n) is 14.0. The van der Waals surface area contributed by atoms with Gasteiger partial charge in [0.15, 0.2) is 0 Å². The van der Waals surface area contributed by atoms with E-state index in [0.29, 0.717) is 11.4 Å². The third-order valence-electron chi connectivity index (χ3n) is 3.93. The molecule has 3 rings (SSSR count). The van der Waals surface area contributed by atoms with Crippen LogP contribution in [0.3, 0.4) is 0 Å². The van der Waals surface area contributed by atoms with Gasteiger partial charge in [-0.05, 0) is 41.5 Å². The first-order chi connectivity index (χ1) is 12.0. The summed E-state index contributed by atoms with van der Waals surface area (Å²) in [5.74, 6) is 0.501. The standard InChI is InChI=1S/C19H18N2O3S/c1-21(25(22,23)19-7-3-6-18(13-19)24-2)17-10-8-15(9-11-17)16-5-4-12-20-14-16/h3-14H,1-2H3. The Bertz CT molecular complexity index is 955. The van der Waals surface area contributed by atoms with Gasteiger partial charge in [-0.2, -0.15) is 0 Å². The molecule has 0 bridgehead atoms. The minimum atomic E-state index is -3.66. The Labute approximate surface area is 147 Å². The van der Waals surface area contributed by atoms with E-state index in [4.69, 9.17) is 4.74 Å². The Hall–Kier alpha value is -2.86. The molecular formula is C19H18N2O3S. The van der Waals surface area contributed by atoms with Crippen molar-refractivity contribution in [1.82, 2.24) is 4.98 Å². The molecule has 6 heteroatoms. The van der Waals surface area contributed by atoms with Crippen molar-refractivity contribution in [2.45, 2.75) is 4.90 Å². The molecule has 0 unspecified atom stereocenters. The molecule has 3 aromatic rings. The van der Waals surface area contributed by atoms with Crippen LogP contribution in [0.15, 0.2) is 78.0 Å². The molecule has 25 heavy (non-hydrogen) atoms. The molecule has 0 aliphatic heterocycles. The molecule has 0 N–H and O–H groups in total. The van der Waals surface area contributed by atoms with Crippen molar-refractivity contribution in [3.63, 3.8) is 0 Å². The lowest BCUT2D eigenvalue weighted by Crippen LogP contribution is -2.26. The number of hydrogen-bond acceptors (Lipinski definition) is 4. The zero-order valence-corrected chi connectivity index (χ0v) is 14.8. The second-order valence-electron chi connectivity index (χ2n) is 5.44. The van der Waals surface area contributed by atoms with Gasteiger partial charge < -0.3 is 4.74 Å². The number of ether oxygens (including phenoxy) is 1. The Kier molecular flexibility index (Phi) is 4.72. The van der Waals surface area contributed by atoms with E-state index in [-0.39, 0.29) is 4.90 Å². The molecular weight excluding hydrogens is 336 g/mol. The summed E-state index contributed by atoms with van der Waals surface area (Å²) < 4.78 is 32.0. The van der Waals surface area contributed by atoms with Gasteiger partial charge in [0, 0.05) is 25.5 Å². The van der Waals surface area contributed by atoms with Gasteiger partial charge in [0.25, 0.3) is 10.0 Å². The fraction of sp³-hybridized carbons (Fsp3) is 0.105. The zero-order chi connectivity index (χ0) is 17.9. The van der Waals surface area contributed by atoms with E-state index in [2.05, 4.69) is 4.98 Å². The Balaban J connectivity index is 1.90. The summed E-state index contributed by atoms with van der Waals surface area (Å²) in [6.07, 6.45) is 3.48. The maximum Gasteiger partial charge on any atom is 0.264 e. The van der Waals surface area contributed by atoms with E-state index in [9.17, 15) is 8.42 Å². The quantitative estimate of drug-likeness (QED) is 0.703. The van der Waals surface area contributed by atoms with Gasteiger partial charge in [-0.1, -0.05) is 24.3 Å². The number of aromatic nitrogens is 1. The van der Waals surface area contributed by atoms with Crippen molar-refractivity contribution >= 4 is 15.7 Å². The van der Waals surface area contributed by atoms with Crippen molar-refractivity contribution in [3.8, 4) is 16.9 Å². The fourth-order valence-corrected chi connectivity index (χ4v) is 3.69. The molecule has 0 spiro atoms. The van der Waals surface area contributed by atoms with Gasteiger partial charge in [-0.15, -0.1) is 0 Å². The topological polar surface area (TPSA) is 59.5 Å². The molecule has 0 radical (unpaired) electrons. The van der Waals surface area contributed by atoms with Crippen molar-refractivity contribution in [1.29, 1.82) is 0 Å². The largest absolute Gasteiger partial charge is 0.497 e. The van der Waals surface area contributed by atoms with Crippen LogP contribution in [0.5, 0.6) is 5.75 Å². The van der Waals surface area contributed by atoms with E-state index in [1.807, 2.05) is 24.3 Å². The van der Waals surface area contributed by atoms with Crippen molar-refractivity contribution in [2.24, 2.45) is 0 Å². The minimum absolute atomic E-state index is 0.186. The highest BCUT2D eigenvalue weighted by molar-refractivity contribution is 7.92. The number of rotatable bonds is 5. The molecule has 1 heterocycles. The van der Waals surface area contributed by atoms with Crippen LogP contribution in [0.1, 0.15) is 0 Å². The van der Waals surface area contributed by atoms with Crippen molar-refractivity contribution in [3.05, 3.63) is 73.1 Å². The number of nitrogens with zero attached hydrogens (tertiary/aromatic N) is 2. The summed E-state index contributed by atoms with van der Waals surface area (Å²) in [5, 5.41) is 0. The molecule has 5 nitrogen and oxygen atoms in total. The molecule has 0 amide bonds. The van der Waals surface area contributed by atoms with E-state index in [1.165, 1.54) is 24.5 Å². The first kappa shape index (κ1) is 17.0. The second-order valence-corrected chi connectivity index (χ2v) is 7.41. The number of anilines is 1. The number of sulfonamides is 1. The molecule has 0 aliphatic carbocycles. The maximum absolute atomic E-state index is 12.8. The van der Waals surface area contributed by atoms with Crippen LogP contribution < -0.4 is 9.04 Å². The van der Waals surface area contributed by atoms with Gasteiger partial charge in [0.05, 0.1) is 17.7 Å². The second kappa shape index (κ2) is 6.94. The van der Waals surface area contributed by atoms with Gasteiger partial charge in [0.2, 0.25) is 0 Å². The van der Waals surface area contributed by atoms with Gasteiger partial charge in [0.1, 0.15) is 5.75 Å². The van der Waals surface area contributed by atoms with Crippen LogP contribution in [-0.2, 0) is 10.0 Å². The summed E-state index contributed by atoms with van der Waals surface area (Å²) in [5.41, 5.74) is 2.53. The molecule has 128 valence electrons. The van der Waals surface area contributed by atoms with Gasteiger partial charge in [-0.25, -0.2) is 8.42 Å². The SMILES string of the molecule is COc1cccc(S(=O)(=O)N(C)c2ccc(-c3cccnc3)cc2)c1. The summed E-state index contributed by atoms with van der Waals surface area (Å²) >= 11 is 0. The fourth-order valence-electron chi connectivity index (χ4n) is 2.46. The van der Waals surface area contributed by atoms with E-state index in [0.717, 1.165) is 11.1 Å². The monoisotopic (exact) mass is 354 g/mol. The Morgan fingerprint density at radius 2 is 1.72 bits per heavy atom. The molecule has 0 fully saturated rings. The van der Waals surface area contributed by atoms with Crippen LogP contribution in [0.4, 0.5) is 5.69 Å². The first-order valence-electron chi connectivity index (χ1n) is 7.66. The van der Waals surface area contributed by atoms with Crippen LogP contribution in [0, 0.1) is 0 Å². The van der Waals surface area contributed by atoms with Gasteiger partial charge >= 0.3 is 0 Å². The summed E-state index contributed by atoms with van der Waals surface area (Å²) in [6, 6.07) is 17.6. The lowest BCUT2D eigenvalue weighted by Gasteiger charge is -2.20. The lowest BCUT2D eigenvalue weighted by atomic mass is 10.1. The van der Waals surface area contributed by atoms with Crippen LogP contribution in [0.2, 0.25) is 0 Å². The normalized spacial score (nSPS) is 11.1. The van der Waals surface area contributed by atoms with E-state index < -0.39 is 10.0 Å². The third-order valence-corrected chi connectivity index (χ3v) is 5.71. The number of methoxy groups -OCH3 is 1. The average molecular weight is 354 g/mol. The number of hydrogen-bond donors (Lipinski definition) is 0. The number of pyridine rings is 1. The molecule has 1 aromatic heterocycles. The summed E-state index contributed by atoms with van der Waals surface area (Å²) in [6.45, 7) is 0. The summed E-state index contributed by atoms with van der Waals surface area (Å²) in [4.78, 5) is 4.28. The van der Waals surface area contributed by atoms with E-state index in [1.54, 1.807) is 42.7 Å².